The first-order valence-corrected chi connectivity index (χ1v) is 5.31. The van der Waals surface area contributed by atoms with Crippen molar-refractivity contribution in [1.29, 1.82) is 0 Å². The first-order valence-electron chi connectivity index (χ1n) is 5.31. The van der Waals surface area contributed by atoms with Crippen molar-refractivity contribution in [2.75, 3.05) is 13.2 Å². The molecule has 0 bridgehead atoms. The van der Waals surface area contributed by atoms with E-state index in [0.717, 1.165) is 12.8 Å². The van der Waals surface area contributed by atoms with Crippen LogP contribution in [-0.4, -0.2) is 35.0 Å². The molecule has 1 aliphatic heterocycles. The van der Waals surface area contributed by atoms with Crippen molar-refractivity contribution in [2.45, 2.75) is 24.4 Å². The number of hydrogen-bond donors (Lipinski definition) is 3. The van der Waals surface area contributed by atoms with Gasteiger partial charge in [0.25, 0.3) is 0 Å². The molecule has 2 atom stereocenters. The topological polar surface area (TPSA) is 52.5 Å². The zero-order chi connectivity index (χ0) is 10.7. The average Bonchev–Trinajstić information content (AvgIpc) is 2.24. The van der Waals surface area contributed by atoms with Gasteiger partial charge in [-0.05, 0) is 18.4 Å². The van der Waals surface area contributed by atoms with Gasteiger partial charge in [0.1, 0.15) is 0 Å². The van der Waals surface area contributed by atoms with E-state index in [1.807, 2.05) is 18.2 Å². The molecule has 82 valence electrons. The third-order valence-electron chi connectivity index (χ3n) is 3.06. The molecular formula is C12H17NO2. The number of hydrogen-bond acceptors (Lipinski definition) is 3. The van der Waals surface area contributed by atoms with Crippen LogP contribution < -0.4 is 5.32 Å². The Morgan fingerprint density at radius 2 is 1.93 bits per heavy atom. The van der Waals surface area contributed by atoms with Gasteiger partial charge in [-0.25, -0.2) is 0 Å². The Hall–Kier alpha value is -0.900. The van der Waals surface area contributed by atoms with Gasteiger partial charge in [-0.15, -0.1) is 0 Å². The molecule has 0 spiro atoms. The van der Waals surface area contributed by atoms with Crippen LogP contribution in [-0.2, 0) is 6.42 Å². The first-order chi connectivity index (χ1) is 7.28. The van der Waals surface area contributed by atoms with Crippen molar-refractivity contribution in [2.24, 2.45) is 0 Å². The molecule has 0 radical (unpaired) electrons. The minimum atomic E-state index is -0.214. The van der Waals surface area contributed by atoms with E-state index < -0.39 is 0 Å². The summed E-state index contributed by atoms with van der Waals surface area (Å²) in [7, 11) is 0. The van der Waals surface area contributed by atoms with Crippen molar-refractivity contribution in [3.63, 3.8) is 0 Å². The number of aliphatic hydroxyl groups excluding tert-OH is 2. The fourth-order valence-corrected chi connectivity index (χ4v) is 2.27. The van der Waals surface area contributed by atoms with Gasteiger partial charge in [0.2, 0.25) is 0 Å². The van der Waals surface area contributed by atoms with Crippen molar-refractivity contribution in [3.8, 4) is 0 Å². The lowest BCUT2D eigenvalue weighted by molar-refractivity contribution is 0.0343. The van der Waals surface area contributed by atoms with Crippen molar-refractivity contribution in [1.82, 2.24) is 5.32 Å². The van der Waals surface area contributed by atoms with Gasteiger partial charge in [-0.1, -0.05) is 30.3 Å². The molecule has 0 saturated carbocycles. The normalized spacial score (nSPS) is 29.9. The van der Waals surface area contributed by atoms with Crippen molar-refractivity contribution in [3.05, 3.63) is 35.9 Å². The highest BCUT2D eigenvalue weighted by atomic mass is 16.3. The molecule has 2 rings (SSSR count). The minimum absolute atomic E-state index is 0.123. The predicted octanol–water partition coefficient (Wildman–Crippen LogP) is 0.314. The molecule has 0 amide bonds. The summed E-state index contributed by atoms with van der Waals surface area (Å²) in [6.07, 6.45) is 1.66. The van der Waals surface area contributed by atoms with Gasteiger partial charge in [0.15, 0.2) is 0 Å². The van der Waals surface area contributed by atoms with Crippen molar-refractivity contribution >= 4 is 0 Å². The standard InChI is InChI=1S/C12H17NO2/c14-8-11-7-12(9-15,13-11)6-10-4-2-1-3-5-10/h1-5,11,13-15H,6-9H2/t11-,12+/m0/s1. The molecule has 15 heavy (non-hydrogen) atoms. The van der Waals surface area contributed by atoms with E-state index in [-0.39, 0.29) is 24.8 Å². The van der Waals surface area contributed by atoms with Gasteiger partial charge < -0.3 is 15.5 Å². The van der Waals surface area contributed by atoms with Gasteiger partial charge in [0.05, 0.1) is 13.2 Å². The van der Waals surface area contributed by atoms with Crippen LogP contribution in [0, 0.1) is 0 Å². The summed E-state index contributed by atoms with van der Waals surface area (Å²) >= 11 is 0. The number of benzene rings is 1. The Balaban J connectivity index is 1.99. The summed E-state index contributed by atoms with van der Waals surface area (Å²) in [6, 6.07) is 10.3. The van der Waals surface area contributed by atoms with Crippen LogP contribution in [0.4, 0.5) is 0 Å². The average molecular weight is 207 g/mol. The van der Waals surface area contributed by atoms with Crippen LogP contribution in [0.3, 0.4) is 0 Å². The Kier molecular flexibility index (Phi) is 3.05. The van der Waals surface area contributed by atoms with Gasteiger partial charge in [-0.3, -0.25) is 0 Å². The van der Waals surface area contributed by atoms with Crippen LogP contribution in [0.1, 0.15) is 12.0 Å². The van der Waals surface area contributed by atoms with Crippen molar-refractivity contribution < 1.29 is 10.2 Å². The summed E-state index contributed by atoms with van der Waals surface area (Å²) in [6.45, 7) is 0.273. The molecule has 1 aromatic carbocycles. The van der Waals surface area contributed by atoms with Gasteiger partial charge in [0, 0.05) is 11.6 Å². The number of nitrogens with one attached hydrogen (secondary N) is 1. The summed E-state index contributed by atoms with van der Waals surface area (Å²) < 4.78 is 0. The third-order valence-corrected chi connectivity index (χ3v) is 3.06. The lowest BCUT2D eigenvalue weighted by atomic mass is 9.78. The van der Waals surface area contributed by atoms with E-state index in [1.165, 1.54) is 5.56 Å². The smallest absolute Gasteiger partial charge is 0.0617 e. The lowest BCUT2D eigenvalue weighted by Gasteiger charge is -2.48. The zero-order valence-electron chi connectivity index (χ0n) is 8.69. The summed E-state index contributed by atoms with van der Waals surface area (Å²) in [5, 5.41) is 21.5. The molecule has 0 aromatic heterocycles. The monoisotopic (exact) mass is 207 g/mol. The second-order valence-electron chi connectivity index (χ2n) is 4.33. The molecule has 1 fully saturated rings. The molecule has 3 heteroatoms. The maximum atomic E-state index is 9.37. The molecule has 1 heterocycles. The highest BCUT2D eigenvalue weighted by molar-refractivity contribution is 5.20. The third kappa shape index (κ3) is 2.20. The summed E-state index contributed by atoms with van der Waals surface area (Å²) in [4.78, 5) is 0. The van der Waals surface area contributed by atoms with Crippen LogP contribution in [0.2, 0.25) is 0 Å². The second-order valence-corrected chi connectivity index (χ2v) is 4.33. The highest BCUT2D eigenvalue weighted by Crippen LogP contribution is 2.28. The SMILES string of the molecule is OC[C@@H]1C[C@@](CO)(Cc2ccccc2)N1. The van der Waals surface area contributed by atoms with E-state index in [0.29, 0.717) is 0 Å². The summed E-state index contributed by atoms with van der Waals surface area (Å²) in [5.74, 6) is 0. The number of aliphatic hydroxyl groups is 2. The molecule has 0 aliphatic carbocycles. The Morgan fingerprint density at radius 3 is 2.47 bits per heavy atom. The number of rotatable bonds is 4. The zero-order valence-corrected chi connectivity index (χ0v) is 8.69. The fraction of sp³-hybridized carbons (Fsp3) is 0.500. The van der Waals surface area contributed by atoms with Crippen LogP contribution in [0.5, 0.6) is 0 Å². The quantitative estimate of drug-likeness (QED) is 0.666. The second kappa shape index (κ2) is 4.31. The van der Waals surface area contributed by atoms with Crippen LogP contribution in [0.15, 0.2) is 30.3 Å². The molecule has 3 N–H and O–H groups in total. The summed E-state index contributed by atoms with van der Waals surface area (Å²) in [5.41, 5.74) is 1.00. The van der Waals surface area contributed by atoms with E-state index >= 15 is 0 Å². The minimum Gasteiger partial charge on any atom is -0.395 e. The predicted molar refractivity (Wildman–Crippen MR) is 58.6 cm³/mol. The van der Waals surface area contributed by atoms with Gasteiger partial charge >= 0.3 is 0 Å². The molecular weight excluding hydrogens is 190 g/mol. The van der Waals surface area contributed by atoms with E-state index in [2.05, 4.69) is 17.4 Å². The molecule has 1 aliphatic rings. The largest absolute Gasteiger partial charge is 0.395 e. The maximum absolute atomic E-state index is 9.37. The van der Waals surface area contributed by atoms with E-state index in [4.69, 9.17) is 5.11 Å². The lowest BCUT2D eigenvalue weighted by Crippen LogP contribution is -2.67. The molecule has 3 nitrogen and oxygen atoms in total. The van der Waals surface area contributed by atoms with Crippen LogP contribution in [0.25, 0.3) is 0 Å². The van der Waals surface area contributed by atoms with E-state index in [9.17, 15) is 5.11 Å². The Labute approximate surface area is 89.8 Å². The fourth-order valence-electron chi connectivity index (χ4n) is 2.27. The van der Waals surface area contributed by atoms with Crippen LogP contribution >= 0.6 is 0 Å². The highest BCUT2D eigenvalue weighted by Gasteiger charge is 2.42. The maximum Gasteiger partial charge on any atom is 0.0617 e. The molecule has 1 saturated heterocycles. The Bertz CT molecular complexity index is 307. The van der Waals surface area contributed by atoms with Gasteiger partial charge in [-0.2, -0.15) is 0 Å². The van der Waals surface area contributed by atoms with E-state index in [1.54, 1.807) is 0 Å². The first kappa shape index (κ1) is 10.6. The molecule has 1 aromatic rings. The Morgan fingerprint density at radius 1 is 1.27 bits per heavy atom. The molecule has 0 unspecified atom stereocenters.